The Kier molecular flexibility index (Phi) is 4.51. The lowest BCUT2D eigenvalue weighted by Crippen LogP contribution is -2.35. The Morgan fingerprint density at radius 1 is 1.33 bits per heavy atom. The number of ether oxygens (including phenoxy) is 1. The summed E-state index contributed by atoms with van der Waals surface area (Å²) in [6, 6.07) is 3.44. The zero-order valence-electron chi connectivity index (χ0n) is 12.4. The van der Waals surface area contributed by atoms with E-state index in [-0.39, 0.29) is 0 Å². The summed E-state index contributed by atoms with van der Waals surface area (Å²) >= 11 is 0. The van der Waals surface area contributed by atoms with Crippen LogP contribution in [0.25, 0.3) is 0 Å². The number of nitrogens with one attached hydrogen (secondary N) is 1. The number of carbonyl (C=O) groups excluding carboxylic acids is 1. The van der Waals surface area contributed by atoms with Gasteiger partial charge in [0, 0.05) is 5.69 Å². The summed E-state index contributed by atoms with van der Waals surface area (Å²) in [6.07, 6.45) is 1.72. The molecule has 1 heterocycles. The molecule has 0 spiro atoms. The summed E-state index contributed by atoms with van der Waals surface area (Å²) in [5, 5.41) is -0.745. The normalized spacial score (nSPS) is 22.0. The van der Waals surface area contributed by atoms with Crippen LogP contribution >= 0.6 is 0 Å². The smallest absolute Gasteiger partial charge is 0.310 e. The highest BCUT2D eigenvalue weighted by Crippen LogP contribution is 2.33. The lowest BCUT2D eigenvalue weighted by molar-refractivity contribution is -0.145. The van der Waals surface area contributed by atoms with E-state index >= 15 is 0 Å². The number of sulfonamides is 1. The first-order chi connectivity index (χ1) is 9.85. The molecule has 2 atom stereocenters. The average Bonchev–Trinajstić information content (AvgIpc) is 2.91. The largest absolute Gasteiger partial charge is 0.469 e. The molecule has 1 aromatic heterocycles. The Bertz CT molecular complexity index is 642. The van der Waals surface area contributed by atoms with Crippen molar-refractivity contribution in [3.8, 4) is 0 Å². The molecule has 6 nitrogen and oxygen atoms in total. The maximum absolute atomic E-state index is 12.5. The number of aromatic nitrogens is 1. The SMILES string of the molecule is COC(=O)C1CCCC1S(=O)(=O)Nc1ccc(C)nc1C. The van der Waals surface area contributed by atoms with Gasteiger partial charge in [0.2, 0.25) is 10.0 Å². The molecule has 1 fully saturated rings. The number of anilines is 1. The molecule has 1 N–H and O–H groups in total. The first-order valence-corrected chi connectivity index (χ1v) is 8.43. The Labute approximate surface area is 125 Å². The van der Waals surface area contributed by atoms with Crippen molar-refractivity contribution >= 4 is 21.7 Å². The van der Waals surface area contributed by atoms with Crippen LogP contribution in [0.2, 0.25) is 0 Å². The van der Waals surface area contributed by atoms with Crippen LogP contribution in [-0.2, 0) is 19.6 Å². The van der Waals surface area contributed by atoms with Crippen molar-refractivity contribution in [2.24, 2.45) is 5.92 Å². The molecule has 0 aliphatic heterocycles. The number of aryl methyl sites for hydroxylation is 2. The molecule has 1 aromatic rings. The molecule has 0 bridgehead atoms. The number of hydrogen-bond acceptors (Lipinski definition) is 5. The van der Waals surface area contributed by atoms with Crippen molar-refractivity contribution in [3.63, 3.8) is 0 Å². The monoisotopic (exact) mass is 312 g/mol. The van der Waals surface area contributed by atoms with Gasteiger partial charge in [0.15, 0.2) is 0 Å². The fourth-order valence-electron chi connectivity index (χ4n) is 2.74. The summed E-state index contributed by atoms with van der Waals surface area (Å²) < 4.78 is 32.3. The Morgan fingerprint density at radius 3 is 2.67 bits per heavy atom. The van der Waals surface area contributed by atoms with Crippen LogP contribution in [0.5, 0.6) is 0 Å². The molecular formula is C14H20N2O4S. The topological polar surface area (TPSA) is 85.4 Å². The van der Waals surface area contributed by atoms with Crippen LogP contribution in [-0.4, -0.2) is 31.7 Å². The Balaban J connectivity index is 2.23. The summed E-state index contributed by atoms with van der Waals surface area (Å²) in [6.45, 7) is 3.59. The summed E-state index contributed by atoms with van der Waals surface area (Å²) in [5.74, 6) is -1.05. The van der Waals surface area contributed by atoms with Gasteiger partial charge in [-0.15, -0.1) is 0 Å². The number of esters is 1. The molecule has 0 aromatic carbocycles. The molecule has 1 aliphatic carbocycles. The minimum Gasteiger partial charge on any atom is -0.469 e. The molecule has 7 heteroatoms. The second kappa shape index (κ2) is 6.01. The van der Waals surface area contributed by atoms with E-state index < -0.39 is 27.2 Å². The highest BCUT2D eigenvalue weighted by molar-refractivity contribution is 7.93. The van der Waals surface area contributed by atoms with Gasteiger partial charge in [-0.1, -0.05) is 6.42 Å². The number of pyridine rings is 1. The third-order valence-electron chi connectivity index (χ3n) is 3.83. The summed E-state index contributed by atoms with van der Waals surface area (Å²) in [4.78, 5) is 15.9. The van der Waals surface area contributed by atoms with Crippen molar-refractivity contribution in [1.82, 2.24) is 4.98 Å². The van der Waals surface area contributed by atoms with Crippen molar-refractivity contribution in [2.45, 2.75) is 38.4 Å². The van der Waals surface area contributed by atoms with E-state index in [0.29, 0.717) is 30.6 Å². The first kappa shape index (κ1) is 15.8. The Morgan fingerprint density at radius 2 is 2.05 bits per heavy atom. The van der Waals surface area contributed by atoms with Gasteiger partial charge in [-0.05, 0) is 38.8 Å². The minimum atomic E-state index is -3.64. The third-order valence-corrected chi connectivity index (χ3v) is 5.70. The molecule has 1 saturated carbocycles. The predicted molar refractivity (Wildman–Crippen MR) is 79.4 cm³/mol. The van der Waals surface area contributed by atoms with Crippen LogP contribution in [0.4, 0.5) is 5.69 Å². The van der Waals surface area contributed by atoms with Crippen molar-refractivity contribution in [3.05, 3.63) is 23.5 Å². The zero-order chi connectivity index (χ0) is 15.6. The summed E-state index contributed by atoms with van der Waals surface area (Å²) in [5.41, 5.74) is 1.89. The second-order valence-corrected chi connectivity index (χ2v) is 7.23. The van der Waals surface area contributed by atoms with Gasteiger partial charge in [0.25, 0.3) is 0 Å². The second-order valence-electron chi connectivity index (χ2n) is 5.33. The first-order valence-electron chi connectivity index (χ1n) is 6.89. The molecule has 0 amide bonds. The lowest BCUT2D eigenvalue weighted by Gasteiger charge is -2.19. The quantitative estimate of drug-likeness (QED) is 0.857. The fourth-order valence-corrected chi connectivity index (χ4v) is 4.57. The van der Waals surface area contributed by atoms with Gasteiger partial charge in [-0.25, -0.2) is 8.42 Å². The molecule has 0 radical (unpaired) electrons. The Hall–Kier alpha value is -1.63. The van der Waals surface area contributed by atoms with Gasteiger partial charge >= 0.3 is 5.97 Å². The third kappa shape index (κ3) is 3.34. The highest BCUT2D eigenvalue weighted by atomic mass is 32.2. The molecule has 21 heavy (non-hydrogen) atoms. The van der Waals surface area contributed by atoms with Crippen LogP contribution in [0.3, 0.4) is 0 Å². The van der Waals surface area contributed by atoms with Crippen molar-refractivity contribution in [2.75, 3.05) is 11.8 Å². The number of hydrogen-bond donors (Lipinski definition) is 1. The zero-order valence-corrected chi connectivity index (χ0v) is 13.2. The maximum Gasteiger partial charge on any atom is 0.310 e. The predicted octanol–water partition coefficient (Wildman–Crippen LogP) is 1.78. The van der Waals surface area contributed by atoms with E-state index in [9.17, 15) is 13.2 Å². The number of carbonyl (C=O) groups is 1. The number of methoxy groups -OCH3 is 1. The number of rotatable bonds is 4. The average molecular weight is 312 g/mol. The molecule has 116 valence electrons. The van der Waals surface area contributed by atoms with Crippen LogP contribution in [0, 0.1) is 19.8 Å². The summed E-state index contributed by atoms with van der Waals surface area (Å²) in [7, 11) is -2.36. The van der Waals surface area contributed by atoms with Crippen molar-refractivity contribution < 1.29 is 17.9 Å². The molecule has 2 rings (SSSR count). The molecular weight excluding hydrogens is 292 g/mol. The van der Waals surface area contributed by atoms with E-state index in [1.807, 2.05) is 6.92 Å². The van der Waals surface area contributed by atoms with Gasteiger partial charge in [0.1, 0.15) is 0 Å². The van der Waals surface area contributed by atoms with Crippen LogP contribution in [0.1, 0.15) is 30.7 Å². The lowest BCUT2D eigenvalue weighted by atomic mass is 10.1. The minimum absolute atomic E-state index is 0.455. The fraction of sp³-hybridized carbons (Fsp3) is 0.571. The van der Waals surface area contributed by atoms with Crippen LogP contribution in [0.15, 0.2) is 12.1 Å². The van der Waals surface area contributed by atoms with Crippen LogP contribution < -0.4 is 4.72 Å². The van der Waals surface area contributed by atoms with Crippen molar-refractivity contribution in [1.29, 1.82) is 0 Å². The van der Waals surface area contributed by atoms with E-state index in [1.54, 1.807) is 19.1 Å². The molecule has 1 aliphatic rings. The molecule has 2 unspecified atom stereocenters. The van der Waals surface area contributed by atoms with E-state index in [4.69, 9.17) is 4.74 Å². The van der Waals surface area contributed by atoms with E-state index in [1.165, 1.54) is 7.11 Å². The van der Waals surface area contributed by atoms with Gasteiger partial charge in [0.05, 0.1) is 29.7 Å². The maximum atomic E-state index is 12.5. The van der Waals surface area contributed by atoms with Gasteiger partial charge < -0.3 is 4.74 Å². The highest BCUT2D eigenvalue weighted by Gasteiger charge is 2.42. The van der Waals surface area contributed by atoms with Gasteiger partial charge in [-0.2, -0.15) is 0 Å². The molecule has 0 saturated heterocycles. The standard InChI is InChI=1S/C14H20N2O4S/c1-9-7-8-12(10(2)15-9)16-21(18,19)13-6-4-5-11(13)14(17)20-3/h7-8,11,13,16H,4-6H2,1-3H3. The van der Waals surface area contributed by atoms with E-state index in [0.717, 1.165) is 5.69 Å². The van der Waals surface area contributed by atoms with Gasteiger partial charge in [-0.3, -0.25) is 14.5 Å². The van der Waals surface area contributed by atoms with E-state index in [2.05, 4.69) is 9.71 Å². The number of nitrogens with zero attached hydrogens (tertiary/aromatic N) is 1.